The van der Waals surface area contributed by atoms with E-state index in [1.54, 1.807) is 18.3 Å². The maximum atomic E-state index is 16.7. The molecule has 10 heteroatoms. The molecule has 2 saturated heterocycles. The summed E-state index contributed by atoms with van der Waals surface area (Å²) in [5.74, 6) is -0.534. The zero-order chi connectivity index (χ0) is 29.6. The van der Waals surface area contributed by atoms with Crippen LogP contribution >= 0.6 is 0 Å². The van der Waals surface area contributed by atoms with E-state index in [0.717, 1.165) is 45.1 Å². The Morgan fingerprint density at radius 2 is 2.00 bits per heavy atom. The Morgan fingerprint density at radius 1 is 1.12 bits per heavy atom. The van der Waals surface area contributed by atoms with Crippen LogP contribution in [0.4, 0.5) is 14.6 Å². The molecular weight excluding hydrogens is 552 g/mol. The molecule has 0 amide bonds. The normalized spacial score (nSPS) is 22.6. The van der Waals surface area contributed by atoms with Crippen molar-refractivity contribution >= 4 is 27.5 Å². The van der Waals surface area contributed by atoms with Gasteiger partial charge in [0.1, 0.15) is 28.6 Å². The lowest BCUT2D eigenvalue weighted by molar-refractivity contribution is 0.0798. The number of aromatic nitrogens is 3. The van der Waals surface area contributed by atoms with E-state index in [0.29, 0.717) is 78.5 Å². The second-order valence-electron chi connectivity index (χ2n) is 12.1. The van der Waals surface area contributed by atoms with Crippen LogP contribution in [0.25, 0.3) is 32.9 Å². The summed E-state index contributed by atoms with van der Waals surface area (Å²) in [6, 6.07) is 6.51. The number of halogens is 2. The van der Waals surface area contributed by atoms with Crippen LogP contribution in [0.1, 0.15) is 51.0 Å². The Morgan fingerprint density at radius 3 is 2.88 bits per heavy atom. The van der Waals surface area contributed by atoms with Gasteiger partial charge >= 0.3 is 6.01 Å². The standard InChI is InChI=1S/C33H37F2N5O3/c1-2-22-25(34)8-7-20-16-21(41)17-23(27(20)22)29-28(35)30-24(18-37-29)31(40-12-5-14-42-15-13-40)39-32(38-30)43-19-33-9-3-6-26(33)36-11-4-10-33/h7-8,16-18,26,36,41H,2-6,9-15,19H2,1H3. The second kappa shape index (κ2) is 11.5. The van der Waals surface area contributed by atoms with Gasteiger partial charge in [-0.2, -0.15) is 9.97 Å². The molecule has 0 spiro atoms. The third-order valence-electron chi connectivity index (χ3n) is 9.56. The Balaban J connectivity index is 1.37. The average molecular weight is 590 g/mol. The topological polar surface area (TPSA) is 92.6 Å². The van der Waals surface area contributed by atoms with Crippen LogP contribution in [0.5, 0.6) is 11.8 Å². The molecule has 43 heavy (non-hydrogen) atoms. The maximum Gasteiger partial charge on any atom is 0.319 e. The monoisotopic (exact) mass is 589 g/mol. The number of aryl methyl sites for hydroxylation is 1. The molecule has 4 heterocycles. The molecule has 7 rings (SSSR count). The number of nitrogens with zero attached hydrogens (tertiary/aromatic N) is 4. The van der Waals surface area contributed by atoms with Gasteiger partial charge in [-0.15, -0.1) is 0 Å². The number of fused-ring (bicyclic) bond motifs is 3. The Bertz CT molecular complexity index is 1680. The number of hydrogen-bond donors (Lipinski definition) is 2. The van der Waals surface area contributed by atoms with E-state index in [1.807, 2.05) is 6.92 Å². The number of nitrogens with one attached hydrogen (secondary N) is 1. The van der Waals surface area contributed by atoms with E-state index in [9.17, 15) is 9.50 Å². The van der Waals surface area contributed by atoms with Crippen molar-refractivity contribution in [1.82, 2.24) is 20.3 Å². The number of benzene rings is 2. The van der Waals surface area contributed by atoms with E-state index in [1.165, 1.54) is 12.1 Å². The van der Waals surface area contributed by atoms with Gasteiger partial charge in [-0.25, -0.2) is 8.78 Å². The summed E-state index contributed by atoms with van der Waals surface area (Å²) < 4.78 is 43.7. The largest absolute Gasteiger partial charge is 0.508 e. The summed E-state index contributed by atoms with van der Waals surface area (Å²) >= 11 is 0. The lowest BCUT2D eigenvalue weighted by Gasteiger charge is -2.39. The molecule has 1 aliphatic carbocycles. The summed E-state index contributed by atoms with van der Waals surface area (Å²) in [6.07, 6.45) is 8.33. The van der Waals surface area contributed by atoms with Crippen LogP contribution in [-0.4, -0.2) is 65.6 Å². The van der Waals surface area contributed by atoms with Crippen molar-refractivity contribution in [2.24, 2.45) is 5.41 Å². The van der Waals surface area contributed by atoms with Crippen molar-refractivity contribution < 1.29 is 23.4 Å². The van der Waals surface area contributed by atoms with Gasteiger partial charge in [-0.05, 0) is 79.6 Å². The molecule has 8 nitrogen and oxygen atoms in total. The fraction of sp³-hybridized carbons (Fsp3) is 0.485. The number of rotatable bonds is 6. The van der Waals surface area contributed by atoms with E-state index in [-0.39, 0.29) is 34.2 Å². The molecule has 2 aliphatic heterocycles. The van der Waals surface area contributed by atoms with Crippen molar-refractivity contribution in [2.45, 2.75) is 57.9 Å². The van der Waals surface area contributed by atoms with Gasteiger partial charge < -0.3 is 24.8 Å². The fourth-order valence-electron chi connectivity index (χ4n) is 7.43. The van der Waals surface area contributed by atoms with Crippen LogP contribution in [0.3, 0.4) is 0 Å². The zero-order valence-corrected chi connectivity index (χ0v) is 24.5. The molecule has 2 aromatic heterocycles. The fourth-order valence-corrected chi connectivity index (χ4v) is 7.43. The lowest BCUT2D eigenvalue weighted by Crippen LogP contribution is -2.49. The number of piperidine rings is 1. The molecular formula is C33H37F2N5O3. The highest BCUT2D eigenvalue weighted by Gasteiger charge is 2.45. The first kappa shape index (κ1) is 28.2. The van der Waals surface area contributed by atoms with E-state index < -0.39 is 5.82 Å². The molecule has 4 aromatic rings. The van der Waals surface area contributed by atoms with Gasteiger partial charge in [-0.1, -0.05) is 19.4 Å². The maximum absolute atomic E-state index is 16.7. The minimum Gasteiger partial charge on any atom is -0.508 e. The van der Waals surface area contributed by atoms with Crippen molar-refractivity contribution in [3.05, 3.63) is 47.7 Å². The molecule has 1 saturated carbocycles. The number of aromatic hydroxyl groups is 1. The minimum atomic E-state index is -0.661. The second-order valence-corrected chi connectivity index (χ2v) is 12.1. The summed E-state index contributed by atoms with van der Waals surface area (Å²) in [4.78, 5) is 16.1. The summed E-state index contributed by atoms with van der Waals surface area (Å²) in [5.41, 5.74) is 0.864. The van der Waals surface area contributed by atoms with Gasteiger partial charge in [-0.3, -0.25) is 4.98 Å². The van der Waals surface area contributed by atoms with E-state index in [2.05, 4.69) is 20.2 Å². The smallest absolute Gasteiger partial charge is 0.319 e. The number of pyridine rings is 1. The SMILES string of the molecule is CCc1c(F)ccc2cc(O)cc(-c3ncc4c(N5CCCOCC5)nc(OCC56CCCNC5CCC6)nc4c3F)c12. The molecule has 3 aliphatic rings. The predicted molar refractivity (Wildman–Crippen MR) is 162 cm³/mol. The molecule has 226 valence electrons. The zero-order valence-electron chi connectivity index (χ0n) is 24.5. The first-order valence-electron chi connectivity index (χ1n) is 15.5. The van der Waals surface area contributed by atoms with Crippen LogP contribution in [0.15, 0.2) is 30.5 Å². The highest BCUT2D eigenvalue weighted by molar-refractivity contribution is 6.01. The van der Waals surface area contributed by atoms with Crippen molar-refractivity contribution in [1.29, 1.82) is 0 Å². The summed E-state index contributed by atoms with van der Waals surface area (Å²) in [7, 11) is 0. The summed E-state index contributed by atoms with van der Waals surface area (Å²) in [6.45, 7) is 5.82. The molecule has 2 unspecified atom stereocenters. The Kier molecular flexibility index (Phi) is 7.51. The molecule has 0 radical (unpaired) electrons. The number of phenolic OH excluding ortho intramolecular Hbond substituents is 1. The highest BCUT2D eigenvalue weighted by Crippen LogP contribution is 2.45. The number of anilines is 1. The third-order valence-corrected chi connectivity index (χ3v) is 9.56. The molecule has 2 aromatic carbocycles. The van der Waals surface area contributed by atoms with Gasteiger partial charge in [0.2, 0.25) is 0 Å². The van der Waals surface area contributed by atoms with Crippen LogP contribution in [0, 0.1) is 17.0 Å². The van der Waals surface area contributed by atoms with Crippen molar-refractivity contribution in [3.8, 4) is 23.0 Å². The lowest BCUT2D eigenvalue weighted by atomic mass is 9.76. The number of hydrogen-bond acceptors (Lipinski definition) is 8. The van der Waals surface area contributed by atoms with E-state index >= 15 is 4.39 Å². The highest BCUT2D eigenvalue weighted by atomic mass is 19.1. The third kappa shape index (κ3) is 5.04. The first-order valence-corrected chi connectivity index (χ1v) is 15.5. The Labute approximate surface area is 249 Å². The molecule has 2 N–H and O–H groups in total. The van der Waals surface area contributed by atoms with Gasteiger partial charge in [0.05, 0.1) is 18.6 Å². The predicted octanol–water partition coefficient (Wildman–Crippen LogP) is 5.92. The van der Waals surface area contributed by atoms with Crippen LogP contribution < -0.4 is 15.0 Å². The molecule has 2 atom stereocenters. The molecule has 3 fully saturated rings. The number of ether oxygens (including phenoxy) is 2. The Hall–Kier alpha value is -3.63. The van der Waals surface area contributed by atoms with Gasteiger partial charge in [0.15, 0.2) is 5.82 Å². The quantitative estimate of drug-likeness (QED) is 0.287. The van der Waals surface area contributed by atoms with Gasteiger partial charge in [0, 0.05) is 42.9 Å². The van der Waals surface area contributed by atoms with Gasteiger partial charge in [0.25, 0.3) is 0 Å². The van der Waals surface area contributed by atoms with Crippen molar-refractivity contribution in [2.75, 3.05) is 44.4 Å². The van der Waals surface area contributed by atoms with Crippen LogP contribution in [-0.2, 0) is 11.2 Å². The number of phenols is 1. The first-order chi connectivity index (χ1) is 21.0. The molecule has 0 bridgehead atoms. The van der Waals surface area contributed by atoms with Crippen LogP contribution in [0.2, 0.25) is 0 Å². The average Bonchev–Trinajstić information content (AvgIpc) is 3.26. The summed E-state index contributed by atoms with van der Waals surface area (Å²) in [5, 5.41) is 15.8. The minimum absolute atomic E-state index is 0.00516. The van der Waals surface area contributed by atoms with Crippen molar-refractivity contribution in [3.63, 3.8) is 0 Å². The van der Waals surface area contributed by atoms with E-state index in [4.69, 9.17) is 14.5 Å².